The highest BCUT2D eigenvalue weighted by atomic mass is 32.1. The molecular weight excluding hydrogens is 376 g/mol. The van der Waals surface area contributed by atoms with E-state index in [2.05, 4.69) is 20.9 Å². The second-order valence-corrected chi connectivity index (χ2v) is 8.08. The van der Waals surface area contributed by atoms with Crippen LogP contribution in [-0.4, -0.2) is 35.8 Å². The topological polar surface area (TPSA) is 92.4 Å². The molecule has 0 unspecified atom stereocenters. The summed E-state index contributed by atoms with van der Waals surface area (Å²) in [4.78, 5) is 27.8. The number of amides is 3. The van der Waals surface area contributed by atoms with Crippen LogP contribution in [0.2, 0.25) is 0 Å². The quantitative estimate of drug-likeness (QED) is 0.628. The molecule has 7 nitrogen and oxygen atoms in total. The Morgan fingerprint density at radius 1 is 1.11 bits per heavy atom. The first-order valence-electron chi connectivity index (χ1n) is 8.92. The Morgan fingerprint density at radius 2 is 1.75 bits per heavy atom. The second kappa shape index (κ2) is 9.89. The molecule has 0 atom stereocenters. The number of carbonyl (C=O) groups excluding carboxylic acids is 2. The van der Waals surface area contributed by atoms with E-state index >= 15 is 0 Å². The van der Waals surface area contributed by atoms with Gasteiger partial charge in [0.25, 0.3) is 0 Å². The first kappa shape index (κ1) is 21.4. The largest absolute Gasteiger partial charge is 0.444 e. The number of aryl methyl sites for hydroxylation is 1. The Balaban J connectivity index is 1.67. The summed E-state index contributed by atoms with van der Waals surface area (Å²) in [5, 5.41) is 11.1. The van der Waals surface area contributed by atoms with Gasteiger partial charge in [0.15, 0.2) is 0 Å². The molecule has 3 N–H and O–H groups in total. The van der Waals surface area contributed by atoms with Crippen molar-refractivity contribution in [1.82, 2.24) is 15.6 Å². The van der Waals surface area contributed by atoms with Crippen molar-refractivity contribution in [3.63, 3.8) is 0 Å². The van der Waals surface area contributed by atoms with Crippen LogP contribution >= 0.6 is 11.3 Å². The smallest absolute Gasteiger partial charge is 0.407 e. The summed E-state index contributed by atoms with van der Waals surface area (Å²) < 4.78 is 5.12. The lowest BCUT2D eigenvalue weighted by molar-refractivity contribution is 0.0534. The van der Waals surface area contributed by atoms with E-state index in [4.69, 9.17) is 4.74 Å². The maximum atomic E-state index is 11.9. The number of hydrogen-bond acceptors (Lipinski definition) is 5. The molecule has 3 amide bonds. The van der Waals surface area contributed by atoms with Crippen molar-refractivity contribution >= 4 is 29.1 Å². The summed E-state index contributed by atoms with van der Waals surface area (Å²) in [5.74, 6) is 0. The van der Waals surface area contributed by atoms with Gasteiger partial charge in [0, 0.05) is 29.7 Å². The Kier molecular flexibility index (Phi) is 7.57. The van der Waals surface area contributed by atoms with Gasteiger partial charge < -0.3 is 20.7 Å². The van der Waals surface area contributed by atoms with Crippen LogP contribution in [0.1, 0.15) is 25.8 Å². The summed E-state index contributed by atoms with van der Waals surface area (Å²) in [6, 6.07) is 7.22. The molecule has 0 aliphatic rings. The van der Waals surface area contributed by atoms with E-state index < -0.39 is 11.7 Å². The molecule has 1 aromatic heterocycles. The Hall–Kier alpha value is -2.87. The summed E-state index contributed by atoms with van der Waals surface area (Å²) in [7, 11) is 0. The van der Waals surface area contributed by atoms with Crippen molar-refractivity contribution in [2.24, 2.45) is 0 Å². The molecule has 0 spiro atoms. The van der Waals surface area contributed by atoms with Crippen LogP contribution in [0.5, 0.6) is 0 Å². The van der Waals surface area contributed by atoms with Crippen molar-refractivity contribution in [2.45, 2.75) is 33.3 Å². The van der Waals surface area contributed by atoms with Gasteiger partial charge in [-0.2, -0.15) is 0 Å². The number of alkyl carbamates (subject to hydrolysis) is 1. The number of nitrogens with zero attached hydrogens (tertiary/aromatic N) is 1. The van der Waals surface area contributed by atoms with Crippen LogP contribution < -0.4 is 16.0 Å². The highest BCUT2D eigenvalue weighted by molar-refractivity contribution is 7.09. The number of rotatable bonds is 6. The lowest BCUT2D eigenvalue weighted by Gasteiger charge is -2.19. The average Bonchev–Trinajstić information content (AvgIpc) is 3.03. The minimum atomic E-state index is -0.523. The number of benzene rings is 1. The zero-order valence-electron chi connectivity index (χ0n) is 16.5. The number of nitrogens with one attached hydrogen (secondary N) is 3. The SMILES string of the molecule is Cc1nc(-c2ccc(NC(=O)NCC=CCNC(=O)OC(C)(C)C)cc2)cs1. The minimum Gasteiger partial charge on any atom is -0.444 e. The molecule has 0 radical (unpaired) electrons. The van der Waals surface area contributed by atoms with E-state index in [9.17, 15) is 9.59 Å². The van der Waals surface area contributed by atoms with E-state index in [0.717, 1.165) is 16.3 Å². The summed E-state index contributed by atoms with van der Waals surface area (Å²) in [5.41, 5.74) is 2.12. The van der Waals surface area contributed by atoms with Gasteiger partial charge in [-0.25, -0.2) is 14.6 Å². The molecule has 150 valence electrons. The molecule has 1 aromatic carbocycles. The number of hydrogen-bond donors (Lipinski definition) is 3. The molecule has 0 saturated heterocycles. The molecule has 0 aliphatic heterocycles. The van der Waals surface area contributed by atoms with Crippen LogP contribution in [0, 0.1) is 6.92 Å². The number of aromatic nitrogens is 1. The Labute approximate surface area is 169 Å². The van der Waals surface area contributed by atoms with E-state index in [1.807, 2.05) is 36.6 Å². The van der Waals surface area contributed by atoms with E-state index in [0.29, 0.717) is 18.8 Å². The monoisotopic (exact) mass is 402 g/mol. The third-order valence-corrected chi connectivity index (χ3v) is 4.14. The van der Waals surface area contributed by atoms with Crippen LogP contribution in [0.3, 0.4) is 0 Å². The summed E-state index contributed by atoms with van der Waals surface area (Å²) >= 11 is 1.61. The average molecular weight is 403 g/mol. The molecule has 0 saturated carbocycles. The zero-order valence-corrected chi connectivity index (χ0v) is 17.4. The molecule has 0 fully saturated rings. The Morgan fingerprint density at radius 3 is 2.32 bits per heavy atom. The van der Waals surface area contributed by atoms with Gasteiger partial charge in [0.05, 0.1) is 10.7 Å². The van der Waals surface area contributed by atoms with E-state index in [-0.39, 0.29) is 6.03 Å². The van der Waals surface area contributed by atoms with Gasteiger partial charge in [-0.05, 0) is 39.8 Å². The fourth-order valence-corrected chi connectivity index (χ4v) is 2.79. The maximum Gasteiger partial charge on any atom is 0.407 e. The van der Waals surface area contributed by atoms with Gasteiger partial charge in [0.1, 0.15) is 5.60 Å². The fraction of sp³-hybridized carbons (Fsp3) is 0.350. The predicted molar refractivity (Wildman–Crippen MR) is 113 cm³/mol. The highest BCUT2D eigenvalue weighted by Gasteiger charge is 2.14. The number of anilines is 1. The highest BCUT2D eigenvalue weighted by Crippen LogP contribution is 2.23. The number of thiazole rings is 1. The zero-order chi connectivity index (χ0) is 20.6. The van der Waals surface area contributed by atoms with Gasteiger partial charge in [-0.15, -0.1) is 11.3 Å². The molecule has 2 rings (SSSR count). The first-order chi connectivity index (χ1) is 13.2. The van der Waals surface area contributed by atoms with Crippen molar-refractivity contribution in [2.75, 3.05) is 18.4 Å². The molecular formula is C20H26N4O3S. The third kappa shape index (κ3) is 7.79. The summed E-state index contributed by atoms with van der Waals surface area (Å²) in [6.07, 6.45) is 3.03. The molecule has 2 aromatic rings. The van der Waals surface area contributed by atoms with Crippen molar-refractivity contribution in [3.05, 3.63) is 46.8 Å². The normalized spacial score (nSPS) is 11.3. The molecule has 0 bridgehead atoms. The number of carbonyl (C=O) groups is 2. The van der Waals surface area contributed by atoms with Gasteiger partial charge in [-0.3, -0.25) is 0 Å². The van der Waals surface area contributed by atoms with Crippen LogP contribution in [0.15, 0.2) is 41.8 Å². The first-order valence-corrected chi connectivity index (χ1v) is 9.80. The molecule has 1 heterocycles. The minimum absolute atomic E-state index is 0.304. The van der Waals surface area contributed by atoms with Crippen LogP contribution in [0.25, 0.3) is 11.3 Å². The second-order valence-electron chi connectivity index (χ2n) is 7.02. The predicted octanol–water partition coefficient (Wildman–Crippen LogP) is 4.32. The summed E-state index contributed by atoms with van der Waals surface area (Å²) in [6.45, 7) is 8.06. The molecule has 8 heteroatoms. The van der Waals surface area contributed by atoms with Crippen molar-refractivity contribution < 1.29 is 14.3 Å². The lowest BCUT2D eigenvalue weighted by Crippen LogP contribution is -2.32. The van der Waals surface area contributed by atoms with Crippen molar-refractivity contribution in [3.8, 4) is 11.3 Å². The molecule has 28 heavy (non-hydrogen) atoms. The number of ether oxygens (including phenoxy) is 1. The third-order valence-electron chi connectivity index (χ3n) is 3.37. The van der Waals surface area contributed by atoms with E-state index in [1.54, 1.807) is 44.3 Å². The van der Waals surface area contributed by atoms with Gasteiger partial charge in [-0.1, -0.05) is 24.3 Å². The maximum absolute atomic E-state index is 11.9. The van der Waals surface area contributed by atoms with Gasteiger partial charge in [0.2, 0.25) is 0 Å². The number of urea groups is 1. The van der Waals surface area contributed by atoms with Crippen LogP contribution in [-0.2, 0) is 4.74 Å². The van der Waals surface area contributed by atoms with Gasteiger partial charge >= 0.3 is 12.1 Å². The standard InChI is InChI=1S/C20H26N4O3S/c1-14-23-17(13-28-14)15-7-9-16(10-8-15)24-18(25)21-11-5-6-12-22-19(26)27-20(2,3)4/h5-10,13H,11-12H2,1-4H3,(H,22,26)(H2,21,24,25). The van der Waals surface area contributed by atoms with Crippen LogP contribution in [0.4, 0.5) is 15.3 Å². The lowest BCUT2D eigenvalue weighted by atomic mass is 10.1. The Bertz CT molecular complexity index is 823. The van der Waals surface area contributed by atoms with E-state index in [1.165, 1.54) is 0 Å². The van der Waals surface area contributed by atoms with Crippen molar-refractivity contribution in [1.29, 1.82) is 0 Å². The fourth-order valence-electron chi connectivity index (χ4n) is 2.17. The molecule has 0 aliphatic carbocycles.